The Morgan fingerprint density at radius 3 is 2.13 bits per heavy atom. The molecule has 0 aliphatic heterocycles. The molecule has 0 saturated carbocycles. The second-order valence-corrected chi connectivity index (χ2v) is 7.90. The highest BCUT2D eigenvalue weighted by molar-refractivity contribution is 6.35. The molecule has 0 radical (unpaired) electrons. The van der Waals surface area contributed by atoms with Crippen LogP contribution in [0.5, 0.6) is 0 Å². The van der Waals surface area contributed by atoms with Crippen LogP contribution < -0.4 is 5.32 Å². The van der Waals surface area contributed by atoms with Gasteiger partial charge < -0.3 is 5.32 Å². The van der Waals surface area contributed by atoms with Crippen LogP contribution in [0.3, 0.4) is 0 Å². The summed E-state index contributed by atoms with van der Waals surface area (Å²) >= 11 is 29.3. The van der Waals surface area contributed by atoms with Crippen LogP contribution in [0.4, 0.5) is 5.82 Å². The molecular formula is C17H10Cl5N9. The van der Waals surface area contributed by atoms with Gasteiger partial charge in [-0.05, 0) is 17.7 Å². The Hall–Kier alpha value is -2.43. The summed E-state index contributed by atoms with van der Waals surface area (Å²) in [5.74, 6) is 1.52. The van der Waals surface area contributed by atoms with Crippen LogP contribution in [0.25, 0.3) is 11.6 Å². The standard InChI is InChI=1S/C12H8Cl3N5.C5H2Cl2N4/c13-8-2-1-7(9(14)3-8)5-16-11-4-10(15)19-12-17-6-18-20(11)12;6-3-1-4(7)11-5(10-3)8-2-9-11/h1-4,6,16H,5H2;1-2H. The number of halogens is 5. The second kappa shape index (κ2) is 9.37. The molecule has 0 saturated heterocycles. The first-order valence-corrected chi connectivity index (χ1v) is 10.4. The highest BCUT2D eigenvalue weighted by atomic mass is 35.5. The van der Waals surface area contributed by atoms with Gasteiger partial charge in [0.05, 0.1) is 0 Å². The first kappa shape index (κ1) is 21.8. The van der Waals surface area contributed by atoms with Crippen molar-refractivity contribution in [1.29, 1.82) is 0 Å². The van der Waals surface area contributed by atoms with E-state index < -0.39 is 0 Å². The molecule has 0 fully saturated rings. The van der Waals surface area contributed by atoms with Crippen molar-refractivity contribution in [2.45, 2.75) is 6.54 Å². The Morgan fingerprint density at radius 2 is 1.42 bits per heavy atom. The number of anilines is 1. The van der Waals surface area contributed by atoms with Gasteiger partial charge >= 0.3 is 0 Å². The van der Waals surface area contributed by atoms with Gasteiger partial charge in [-0.3, -0.25) is 0 Å². The van der Waals surface area contributed by atoms with Crippen molar-refractivity contribution in [1.82, 2.24) is 39.2 Å². The van der Waals surface area contributed by atoms with Gasteiger partial charge in [0.15, 0.2) is 0 Å². The molecule has 0 bridgehead atoms. The summed E-state index contributed by atoms with van der Waals surface area (Å²) in [5, 5.41) is 13.3. The highest BCUT2D eigenvalue weighted by Crippen LogP contribution is 2.22. The molecule has 0 aliphatic rings. The number of benzene rings is 1. The van der Waals surface area contributed by atoms with E-state index in [2.05, 4.69) is 35.5 Å². The van der Waals surface area contributed by atoms with Crippen molar-refractivity contribution in [2.24, 2.45) is 0 Å². The molecule has 0 amide bonds. The third-order valence-corrected chi connectivity index (χ3v) is 5.12. The summed E-state index contributed by atoms with van der Waals surface area (Å²) < 4.78 is 2.96. The maximum atomic E-state index is 6.13. The van der Waals surface area contributed by atoms with Gasteiger partial charge in [-0.2, -0.15) is 39.2 Å². The van der Waals surface area contributed by atoms with Crippen LogP contribution in [-0.2, 0) is 6.54 Å². The molecular weight excluding hydrogens is 508 g/mol. The normalized spacial score (nSPS) is 10.9. The van der Waals surface area contributed by atoms with Crippen LogP contribution in [0.1, 0.15) is 5.56 Å². The molecule has 1 aromatic carbocycles. The summed E-state index contributed by atoms with van der Waals surface area (Å²) in [6.07, 6.45) is 2.78. The van der Waals surface area contributed by atoms with Gasteiger partial charge in [0.1, 0.15) is 33.9 Å². The van der Waals surface area contributed by atoms with Gasteiger partial charge in [0.25, 0.3) is 11.6 Å². The topological polar surface area (TPSA) is 98.2 Å². The molecule has 4 heterocycles. The smallest absolute Gasteiger partial charge is 0.255 e. The lowest BCUT2D eigenvalue weighted by Gasteiger charge is -2.09. The van der Waals surface area contributed by atoms with Crippen molar-refractivity contribution in [3.8, 4) is 0 Å². The minimum absolute atomic E-state index is 0.315. The van der Waals surface area contributed by atoms with E-state index in [-0.39, 0.29) is 0 Å². The van der Waals surface area contributed by atoms with E-state index in [4.69, 9.17) is 58.0 Å². The molecule has 158 valence electrons. The summed E-state index contributed by atoms with van der Waals surface area (Å²) in [4.78, 5) is 15.7. The highest BCUT2D eigenvalue weighted by Gasteiger charge is 2.07. The molecule has 5 rings (SSSR count). The Bertz CT molecular complexity index is 1370. The SMILES string of the molecule is Clc1cc(Cl)n2ncnc2n1.Clc1ccc(CNc2cc(Cl)nc3ncnn23)c(Cl)c1. The lowest BCUT2D eigenvalue weighted by atomic mass is 10.2. The number of fused-ring (bicyclic) bond motifs is 2. The Kier molecular flexibility index (Phi) is 6.59. The monoisotopic (exact) mass is 515 g/mol. The maximum absolute atomic E-state index is 6.13. The minimum Gasteiger partial charge on any atom is -0.366 e. The lowest BCUT2D eigenvalue weighted by molar-refractivity contribution is 0.925. The fourth-order valence-electron chi connectivity index (χ4n) is 2.51. The Morgan fingerprint density at radius 1 is 0.774 bits per heavy atom. The van der Waals surface area contributed by atoms with Crippen molar-refractivity contribution < 1.29 is 0 Å². The number of aromatic nitrogens is 8. The van der Waals surface area contributed by atoms with Crippen LogP contribution in [0, 0.1) is 0 Å². The molecule has 31 heavy (non-hydrogen) atoms. The maximum Gasteiger partial charge on any atom is 0.255 e. The number of hydrogen-bond acceptors (Lipinski definition) is 7. The summed E-state index contributed by atoms with van der Waals surface area (Å²) in [6.45, 7) is 0.505. The fourth-order valence-corrected chi connectivity index (χ4v) is 3.62. The number of hydrogen-bond donors (Lipinski definition) is 1. The van der Waals surface area contributed by atoms with Gasteiger partial charge in [0, 0.05) is 28.7 Å². The molecule has 4 aromatic heterocycles. The van der Waals surface area contributed by atoms with Gasteiger partial charge in [-0.25, -0.2) is 0 Å². The Labute approximate surface area is 199 Å². The average molecular weight is 518 g/mol. The predicted molar refractivity (Wildman–Crippen MR) is 120 cm³/mol. The molecule has 0 unspecified atom stereocenters. The third kappa shape index (κ3) is 5.08. The third-order valence-electron chi connectivity index (χ3n) is 3.87. The van der Waals surface area contributed by atoms with Crippen LogP contribution in [0.2, 0.25) is 25.5 Å². The average Bonchev–Trinajstić information content (AvgIpc) is 3.37. The molecule has 9 nitrogen and oxygen atoms in total. The minimum atomic E-state index is 0.315. The largest absolute Gasteiger partial charge is 0.366 e. The number of nitrogens with zero attached hydrogens (tertiary/aromatic N) is 8. The zero-order valence-electron chi connectivity index (χ0n) is 15.2. The first-order chi connectivity index (χ1) is 14.9. The molecule has 0 atom stereocenters. The van der Waals surface area contributed by atoms with Crippen molar-refractivity contribution in [3.63, 3.8) is 0 Å². The lowest BCUT2D eigenvalue weighted by Crippen LogP contribution is -2.06. The Balaban J connectivity index is 0.000000177. The van der Waals surface area contributed by atoms with E-state index in [9.17, 15) is 0 Å². The van der Waals surface area contributed by atoms with E-state index in [1.807, 2.05) is 6.07 Å². The van der Waals surface area contributed by atoms with Crippen molar-refractivity contribution in [3.05, 3.63) is 74.1 Å². The number of rotatable bonds is 3. The van der Waals surface area contributed by atoms with Gasteiger partial charge in [-0.1, -0.05) is 64.1 Å². The number of nitrogens with one attached hydrogen (secondary N) is 1. The van der Waals surface area contributed by atoms with Crippen molar-refractivity contribution in [2.75, 3.05) is 5.32 Å². The van der Waals surface area contributed by atoms with Gasteiger partial charge in [0.2, 0.25) is 0 Å². The molecule has 5 aromatic rings. The van der Waals surface area contributed by atoms with Crippen molar-refractivity contribution >= 4 is 75.4 Å². The molecule has 1 N–H and O–H groups in total. The van der Waals surface area contributed by atoms with E-state index in [1.165, 1.54) is 23.2 Å². The van der Waals surface area contributed by atoms with E-state index in [0.717, 1.165) is 5.56 Å². The van der Waals surface area contributed by atoms with E-state index >= 15 is 0 Å². The fraction of sp³-hybridized carbons (Fsp3) is 0.0588. The second-order valence-electron chi connectivity index (χ2n) is 5.90. The van der Waals surface area contributed by atoms with Crippen LogP contribution in [-0.4, -0.2) is 39.2 Å². The molecule has 14 heteroatoms. The summed E-state index contributed by atoms with van der Waals surface area (Å²) in [5.41, 5.74) is 0.914. The zero-order valence-corrected chi connectivity index (χ0v) is 19.0. The van der Waals surface area contributed by atoms with Crippen LogP contribution >= 0.6 is 58.0 Å². The predicted octanol–water partition coefficient (Wildman–Crippen LogP) is 5.13. The summed E-state index contributed by atoms with van der Waals surface area (Å²) in [6, 6.07) is 8.52. The summed E-state index contributed by atoms with van der Waals surface area (Å²) in [7, 11) is 0. The van der Waals surface area contributed by atoms with Crippen LogP contribution in [0.15, 0.2) is 43.0 Å². The van der Waals surface area contributed by atoms with E-state index in [1.54, 1.807) is 22.7 Å². The first-order valence-electron chi connectivity index (χ1n) is 8.46. The molecule has 0 spiro atoms. The van der Waals surface area contributed by atoms with E-state index in [0.29, 0.717) is 49.4 Å². The zero-order chi connectivity index (χ0) is 22.0. The van der Waals surface area contributed by atoms with Gasteiger partial charge in [-0.15, -0.1) is 0 Å². The molecule has 0 aliphatic carbocycles. The quantitative estimate of drug-likeness (QED) is 0.331.